The number of unbranched alkanes of at least 4 members (excludes halogenated alkanes) is 2. The van der Waals surface area contributed by atoms with Gasteiger partial charge in [0.05, 0.1) is 15.5 Å². The highest BCUT2D eigenvalue weighted by molar-refractivity contribution is 5.95. The predicted octanol–water partition coefficient (Wildman–Crippen LogP) is 5.69. The Kier molecular flexibility index (Phi) is 7.63. The lowest BCUT2D eigenvalue weighted by Crippen LogP contribution is -2.38. The number of aromatic amines is 1. The van der Waals surface area contributed by atoms with Crippen LogP contribution in [0.2, 0.25) is 0 Å². The smallest absolute Gasteiger partial charge is 0.303 e. The fourth-order valence-corrected chi connectivity index (χ4v) is 4.38. The first-order chi connectivity index (χ1) is 17.9. The molecule has 1 saturated carbocycles. The molecule has 7 heteroatoms. The van der Waals surface area contributed by atoms with Crippen LogP contribution in [0.1, 0.15) is 70.0 Å². The molecule has 0 saturated heterocycles. The summed E-state index contributed by atoms with van der Waals surface area (Å²) in [6.07, 6.45) is 8.99. The number of carbonyl (C=O) groups is 2. The number of aromatic nitrogens is 2. The highest BCUT2D eigenvalue weighted by Crippen LogP contribution is 2.29. The van der Waals surface area contributed by atoms with Crippen molar-refractivity contribution in [2.45, 2.75) is 63.9 Å². The lowest BCUT2D eigenvalue weighted by Gasteiger charge is -2.30. The average molecular weight is 478 g/mol. The van der Waals surface area contributed by atoms with Gasteiger partial charge in [0.15, 0.2) is 0 Å². The Hall–Kier alpha value is -3.61. The molecule has 1 fully saturated rings. The zero-order valence-electron chi connectivity index (χ0n) is 21.8. The summed E-state index contributed by atoms with van der Waals surface area (Å²) in [7, 11) is 0. The number of nitrogens with zero attached hydrogens (tertiary/aromatic N) is 2. The summed E-state index contributed by atoms with van der Waals surface area (Å²) in [5, 5.41) is 15.5. The van der Waals surface area contributed by atoms with E-state index in [1.807, 2.05) is 12.1 Å². The Balaban J connectivity index is 1.55. The molecule has 2 N–H and O–H groups in total. The van der Waals surface area contributed by atoms with Crippen LogP contribution in [0.5, 0.6) is 5.75 Å². The van der Waals surface area contributed by atoms with Crippen LogP contribution in [-0.2, 0) is 11.3 Å². The number of ether oxygens (including phenoxy) is 1. The Morgan fingerprint density at radius 1 is 1.06 bits per heavy atom. The van der Waals surface area contributed by atoms with Crippen molar-refractivity contribution in [1.82, 2.24) is 15.1 Å². The molecule has 0 spiro atoms. The van der Waals surface area contributed by atoms with Crippen molar-refractivity contribution in [2.75, 3.05) is 6.61 Å². The van der Waals surface area contributed by atoms with Gasteiger partial charge in [0.2, 0.25) is 0 Å². The number of hydrogen-bond acceptors (Lipinski definition) is 4. The van der Waals surface area contributed by atoms with Gasteiger partial charge in [0, 0.05) is 41.8 Å². The van der Waals surface area contributed by atoms with Crippen molar-refractivity contribution in [3.8, 4) is 16.9 Å². The molecule has 0 bridgehead atoms. The van der Waals surface area contributed by atoms with Crippen LogP contribution in [0.25, 0.3) is 11.1 Å². The third-order valence-corrected chi connectivity index (χ3v) is 6.29. The summed E-state index contributed by atoms with van der Waals surface area (Å²) in [5.74, 6) is -0.761. The number of aliphatic carboxylic acids is 1. The van der Waals surface area contributed by atoms with Crippen LogP contribution in [0, 0.1) is 0 Å². The molecule has 1 aromatic heterocycles. The second kappa shape index (κ2) is 12.2. The zero-order chi connectivity index (χ0) is 26.3. The number of hydrogen-bond donors (Lipinski definition) is 2. The van der Waals surface area contributed by atoms with E-state index < -0.39 is 12.5 Å². The van der Waals surface area contributed by atoms with E-state index in [0.717, 1.165) is 36.8 Å². The van der Waals surface area contributed by atoms with Gasteiger partial charge in [-0.25, -0.2) is 0 Å². The number of H-pyrrole nitrogens is 1. The molecule has 0 atom stereocenters. The van der Waals surface area contributed by atoms with Crippen molar-refractivity contribution >= 4 is 11.9 Å². The van der Waals surface area contributed by atoms with E-state index in [-0.39, 0.29) is 18.4 Å². The monoisotopic (exact) mass is 477 g/mol. The summed E-state index contributed by atoms with van der Waals surface area (Å²) in [6.45, 7) is -1.74. The number of carbonyl (C=O) groups excluding carboxylic acids is 1. The van der Waals surface area contributed by atoms with Crippen molar-refractivity contribution in [3.63, 3.8) is 0 Å². The van der Waals surface area contributed by atoms with Crippen LogP contribution in [0.3, 0.4) is 0 Å². The molecule has 184 valence electrons. The Bertz CT molecular complexity index is 1180. The molecule has 4 rings (SSSR count). The molecule has 35 heavy (non-hydrogen) atoms. The van der Waals surface area contributed by atoms with Gasteiger partial charge in [-0.15, -0.1) is 0 Å². The number of para-hydroxylation sites is 1. The molecule has 1 amide bonds. The van der Waals surface area contributed by atoms with Crippen LogP contribution in [0.15, 0.2) is 60.9 Å². The van der Waals surface area contributed by atoms with Crippen LogP contribution in [-0.4, -0.2) is 44.7 Å². The van der Waals surface area contributed by atoms with Gasteiger partial charge < -0.3 is 14.7 Å². The minimum Gasteiger partial charge on any atom is -0.493 e. The van der Waals surface area contributed by atoms with Gasteiger partial charge in [-0.2, -0.15) is 5.10 Å². The van der Waals surface area contributed by atoms with Gasteiger partial charge in [-0.1, -0.05) is 43.2 Å². The number of benzene rings is 2. The normalized spacial score (nSPS) is 14.9. The third kappa shape index (κ3) is 6.72. The molecule has 0 radical (unpaired) electrons. The van der Waals surface area contributed by atoms with Gasteiger partial charge in [0.1, 0.15) is 5.75 Å². The standard InChI is InChI=1S/C28H33N3O4/c32-27(33)12-2-1-7-17-35-26-11-6-3-8-23(26)20-31(25-9-4-5-10-25)28(34)22-15-13-21(14-16-22)24-18-29-30-19-24/h3,6,8,11,13-16,18-19,25H,1-2,4-5,7,9-10,12,17,20H2,(H,29,30)(H,32,33)/i20D2. The first-order valence-electron chi connectivity index (χ1n) is 13.2. The molecule has 1 heterocycles. The van der Waals surface area contributed by atoms with Gasteiger partial charge in [-0.3, -0.25) is 14.7 Å². The van der Waals surface area contributed by atoms with Crippen LogP contribution in [0.4, 0.5) is 0 Å². The molecule has 2 aromatic carbocycles. The largest absolute Gasteiger partial charge is 0.493 e. The van der Waals surface area contributed by atoms with Crippen LogP contribution >= 0.6 is 0 Å². The van der Waals surface area contributed by atoms with Crippen molar-refractivity contribution < 1.29 is 22.2 Å². The van der Waals surface area contributed by atoms with E-state index in [9.17, 15) is 12.3 Å². The lowest BCUT2D eigenvalue weighted by atomic mass is 10.0. The number of nitrogens with one attached hydrogen (secondary N) is 1. The maximum atomic E-state index is 13.8. The first-order valence-corrected chi connectivity index (χ1v) is 12.2. The molecule has 0 unspecified atom stereocenters. The minimum atomic E-state index is -2.09. The minimum absolute atomic E-state index is 0.126. The SMILES string of the molecule is [2H]C([2H])(c1ccccc1OCCCCCC(=O)O)N(C(=O)c1ccc(-c2cn[nH]c2)cc1)C1CCCC1. The summed E-state index contributed by atoms with van der Waals surface area (Å²) < 4.78 is 24.3. The van der Waals surface area contributed by atoms with Gasteiger partial charge in [0.25, 0.3) is 5.91 Å². The number of carboxylic acid groups (broad SMARTS) is 1. The van der Waals surface area contributed by atoms with E-state index in [4.69, 9.17) is 9.84 Å². The highest BCUT2D eigenvalue weighted by atomic mass is 16.5. The van der Waals surface area contributed by atoms with E-state index in [1.165, 1.54) is 4.90 Å². The van der Waals surface area contributed by atoms with Crippen LogP contribution < -0.4 is 4.74 Å². The van der Waals surface area contributed by atoms with Crippen molar-refractivity contribution in [2.24, 2.45) is 0 Å². The zero-order valence-corrected chi connectivity index (χ0v) is 19.8. The summed E-state index contributed by atoms with van der Waals surface area (Å²) in [6, 6.07) is 13.9. The Morgan fingerprint density at radius 2 is 1.83 bits per heavy atom. The highest BCUT2D eigenvalue weighted by Gasteiger charge is 2.28. The lowest BCUT2D eigenvalue weighted by molar-refractivity contribution is -0.137. The maximum absolute atomic E-state index is 13.8. The summed E-state index contributed by atoms with van der Waals surface area (Å²) in [4.78, 5) is 25.9. The molecule has 7 nitrogen and oxygen atoms in total. The van der Waals surface area contributed by atoms with Crippen molar-refractivity contribution in [3.05, 3.63) is 72.1 Å². The average Bonchev–Trinajstić information content (AvgIpc) is 3.61. The number of rotatable bonds is 12. The first kappa shape index (κ1) is 21.9. The van der Waals surface area contributed by atoms with E-state index in [1.54, 1.807) is 48.8 Å². The van der Waals surface area contributed by atoms with Gasteiger partial charge >= 0.3 is 5.97 Å². The Morgan fingerprint density at radius 3 is 2.54 bits per heavy atom. The molecular formula is C28H33N3O4. The molecule has 1 aliphatic rings. The fraction of sp³-hybridized carbons (Fsp3) is 0.393. The molecule has 3 aromatic rings. The second-order valence-electron chi connectivity index (χ2n) is 8.84. The molecule has 0 aliphatic heterocycles. The fourth-order valence-electron chi connectivity index (χ4n) is 4.38. The Labute approximate surface area is 208 Å². The maximum Gasteiger partial charge on any atom is 0.303 e. The third-order valence-electron chi connectivity index (χ3n) is 6.29. The van der Waals surface area contributed by atoms with E-state index in [2.05, 4.69) is 10.2 Å². The van der Waals surface area contributed by atoms with E-state index in [0.29, 0.717) is 42.7 Å². The quantitative estimate of drug-likeness (QED) is 0.327. The van der Waals surface area contributed by atoms with Crippen molar-refractivity contribution in [1.29, 1.82) is 0 Å². The van der Waals surface area contributed by atoms with E-state index >= 15 is 0 Å². The topological polar surface area (TPSA) is 95.5 Å². The molecular weight excluding hydrogens is 442 g/mol. The summed E-state index contributed by atoms with van der Waals surface area (Å²) in [5.41, 5.74) is 2.58. The van der Waals surface area contributed by atoms with Gasteiger partial charge in [-0.05, 0) is 55.9 Å². The number of amides is 1. The number of carboxylic acids is 1. The summed E-state index contributed by atoms with van der Waals surface area (Å²) >= 11 is 0. The predicted molar refractivity (Wildman–Crippen MR) is 134 cm³/mol. The molecule has 1 aliphatic carbocycles. The second-order valence-corrected chi connectivity index (χ2v) is 8.84.